The number of carbonyl (C=O) groups is 2. The Hall–Kier alpha value is -1.98. The average molecular weight is 235 g/mol. The van der Waals surface area contributed by atoms with E-state index in [2.05, 4.69) is 10.2 Å². The van der Waals surface area contributed by atoms with Gasteiger partial charge in [-0.3, -0.25) is 9.59 Å². The Morgan fingerprint density at radius 3 is 2.88 bits per heavy atom. The normalized spacial score (nSPS) is 20.0. The van der Waals surface area contributed by atoms with E-state index in [-0.39, 0.29) is 12.5 Å². The molecule has 90 valence electrons. The largest absolute Gasteiger partial charge is 0.481 e. The second-order valence-electron chi connectivity index (χ2n) is 4.06. The second kappa shape index (κ2) is 4.90. The van der Waals surface area contributed by atoms with Crippen LogP contribution >= 0.6 is 0 Å². The maximum Gasteiger partial charge on any atom is 0.308 e. The Kier molecular flexibility index (Phi) is 3.32. The van der Waals surface area contributed by atoms with Gasteiger partial charge in [-0.1, -0.05) is 0 Å². The van der Waals surface area contributed by atoms with Gasteiger partial charge in [0, 0.05) is 13.1 Å². The first-order valence-corrected chi connectivity index (χ1v) is 5.47. The minimum atomic E-state index is -0.838. The lowest BCUT2D eigenvalue weighted by Gasteiger charge is -2.30. The van der Waals surface area contributed by atoms with Crippen LogP contribution in [0.15, 0.2) is 18.5 Å². The Labute approximate surface area is 98.3 Å². The lowest BCUT2D eigenvalue weighted by molar-refractivity contribution is -0.143. The number of hydrogen-bond acceptors (Lipinski definition) is 4. The molecule has 0 spiro atoms. The number of carboxylic acids is 1. The minimum absolute atomic E-state index is 0.175. The van der Waals surface area contributed by atoms with E-state index in [1.165, 1.54) is 12.4 Å². The Balaban J connectivity index is 2.07. The van der Waals surface area contributed by atoms with Crippen molar-refractivity contribution in [1.29, 1.82) is 0 Å². The van der Waals surface area contributed by atoms with E-state index < -0.39 is 11.9 Å². The van der Waals surface area contributed by atoms with Gasteiger partial charge in [0.1, 0.15) is 0 Å². The zero-order chi connectivity index (χ0) is 12.3. The smallest absolute Gasteiger partial charge is 0.308 e. The van der Waals surface area contributed by atoms with E-state index in [4.69, 9.17) is 5.11 Å². The van der Waals surface area contributed by atoms with Crippen LogP contribution in [0.1, 0.15) is 23.2 Å². The number of likely N-dealkylation sites (tertiary alicyclic amines) is 1. The van der Waals surface area contributed by atoms with Crippen LogP contribution in [0, 0.1) is 5.92 Å². The summed E-state index contributed by atoms with van der Waals surface area (Å²) in [6.07, 6.45) is 4.20. The quantitative estimate of drug-likeness (QED) is 0.802. The van der Waals surface area contributed by atoms with E-state index in [9.17, 15) is 9.59 Å². The van der Waals surface area contributed by atoms with Gasteiger partial charge in [0.05, 0.1) is 23.9 Å². The van der Waals surface area contributed by atoms with Crippen molar-refractivity contribution in [1.82, 2.24) is 15.1 Å². The molecule has 0 aromatic carbocycles. The summed E-state index contributed by atoms with van der Waals surface area (Å²) >= 11 is 0. The van der Waals surface area contributed by atoms with Crippen molar-refractivity contribution >= 4 is 11.9 Å². The third-order valence-corrected chi connectivity index (χ3v) is 2.89. The van der Waals surface area contributed by atoms with Crippen molar-refractivity contribution in [3.05, 3.63) is 24.0 Å². The van der Waals surface area contributed by atoms with Crippen LogP contribution in [0.3, 0.4) is 0 Å². The first-order valence-electron chi connectivity index (χ1n) is 5.47. The second-order valence-corrected chi connectivity index (χ2v) is 4.06. The van der Waals surface area contributed by atoms with Gasteiger partial charge < -0.3 is 10.0 Å². The van der Waals surface area contributed by atoms with E-state index in [0.717, 1.165) is 6.42 Å². The van der Waals surface area contributed by atoms with Crippen molar-refractivity contribution in [2.75, 3.05) is 13.1 Å². The molecule has 1 saturated heterocycles. The summed E-state index contributed by atoms with van der Waals surface area (Å²) in [4.78, 5) is 24.5. The third kappa shape index (κ3) is 2.58. The van der Waals surface area contributed by atoms with Crippen LogP contribution in [0.25, 0.3) is 0 Å². The summed E-state index contributed by atoms with van der Waals surface area (Å²) in [5.41, 5.74) is 0.450. The molecule has 6 heteroatoms. The standard InChI is InChI=1S/C11H13N3O3/c15-10(8-3-4-12-13-6-8)14-5-1-2-9(7-14)11(16)17/h3-4,6,9H,1-2,5,7H2,(H,16,17)/t9-/m0/s1. The van der Waals surface area contributed by atoms with Crippen LogP contribution < -0.4 is 0 Å². The molecule has 1 aliphatic heterocycles. The Morgan fingerprint density at radius 1 is 1.41 bits per heavy atom. The number of aromatic nitrogens is 2. The molecule has 0 saturated carbocycles. The van der Waals surface area contributed by atoms with Crippen molar-refractivity contribution in [3.63, 3.8) is 0 Å². The Morgan fingerprint density at radius 2 is 2.24 bits per heavy atom. The number of rotatable bonds is 2. The molecule has 1 aliphatic rings. The third-order valence-electron chi connectivity index (χ3n) is 2.89. The SMILES string of the molecule is O=C(O)[C@H]1CCCN(C(=O)c2ccnnc2)C1. The summed E-state index contributed by atoms with van der Waals surface area (Å²) in [6.45, 7) is 0.876. The van der Waals surface area contributed by atoms with Gasteiger partial charge in [0.2, 0.25) is 0 Å². The summed E-state index contributed by atoms with van der Waals surface area (Å²) in [5, 5.41) is 16.2. The van der Waals surface area contributed by atoms with Gasteiger partial charge >= 0.3 is 5.97 Å². The summed E-state index contributed by atoms with van der Waals surface area (Å²) in [6, 6.07) is 1.58. The first-order chi connectivity index (χ1) is 8.18. The van der Waals surface area contributed by atoms with Gasteiger partial charge in [0.25, 0.3) is 5.91 Å². The van der Waals surface area contributed by atoms with E-state index in [0.29, 0.717) is 18.5 Å². The van der Waals surface area contributed by atoms with Crippen LogP contribution in [0.4, 0.5) is 0 Å². The molecule has 1 amide bonds. The zero-order valence-corrected chi connectivity index (χ0v) is 9.24. The molecule has 17 heavy (non-hydrogen) atoms. The van der Waals surface area contributed by atoms with E-state index in [1.54, 1.807) is 11.0 Å². The van der Waals surface area contributed by atoms with Gasteiger partial charge in [-0.25, -0.2) is 0 Å². The molecular weight excluding hydrogens is 222 g/mol. The molecule has 6 nitrogen and oxygen atoms in total. The van der Waals surface area contributed by atoms with E-state index >= 15 is 0 Å². The molecule has 0 radical (unpaired) electrons. The lowest BCUT2D eigenvalue weighted by atomic mass is 9.98. The highest BCUT2D eigenvalue weighted by molar-refractivity contribution is 5.94. The van der Waals surface area contributed by atoms with Gasteiger partial charge in [0.15, 0.2) is 0 Å². The van der Waals surface area contributed by atoms with Crippen molar-refractivity contribution in [2.24, 2.45) is 5.92 Å². The van der Waals surface area contributed by atoms with Crippen molar-refractivity contribution in [3.8, 4) is 0 Å². The molecule has 0 aliphatic carbocycles. The molecule has 0 bridgehead atoms. The molecule has 2 rings (SSSR count). The number of nitrogens with zero attached hydrogens (tertiary/aromatic N) is 3. The monoisotopic (exact) mass is 235 g/mol. The molecule has 1 aromatic heterocycles. The van der Waals surface area contributed by atoms with Gasteiger partial charge in [-0.2, -0.15) is 10.2 Å². The molecule has 1 N–H and O–H groups in total. The molecule has 2 heterocycles. The molecular formula is C11H13N3O3. The van der Waals surface area contributed by atoms with Crippen molar-refractivity contribution in [2.45, 2.75) is 12.8 Å². The number of hydrogen-bond donors (Lipinski definition) is 1. The topological polar surface area (TPSA) is 83.4 Å². The Bertz CT molecular complexity index is 421. The highest BCUT2D eigenvalue weighted by atomic mass is 16.4. The number of carbonyl (C=O) groups excluding carboxylic acids is 1. The van der Waals surface area contributed by atoms with Crippen LogP contribution in [0.5, 0.6) is 0 Å². The van der Waals surface area contributed by atoms with Crippen LogP contribution in [0.2, 0.25) is 0 Å². The maximum atomic E-state index is 12.0. The van der Waals surface area contributed by atoms with Crippen LogP contribution in [-0.2, 0) is 4.79 Å². The average Bonchev–Trinajstić information content (AvgIpc) is 2.39. The highest BCUT2D eigenvalue weighted by Crippen LogP contribution is 2.18. The van der Waals surface area contributed by atoms with Crippen LogP contribution in [-0.4, -0.2) is 45.2 Å². The zero-order valence-electron chi connectivity index (χ0n) is 9.24. The summed E-state index contributed by atoms with van der Waals surface area (Å²) in [7, 11) is 0. The molecule has 1 aromatic rings. The fraction of sp³-hybridized carbons (Fsp3) is 0.455. The molecule has 1 atom stereocenters. The number of amides is 1. The maximum absolute atomic E-state index is 12.0. The predicted molar refractivity (Wildman–Crippen MR) is 58.3 cm³/mol. The summed E-state index contributed by atoms with van der Waals surface area (Å²) in [5.74, 6) is -1.47. The molecule has 1 fully saturated rings. The highest BCUT2D eigenvalue weighted by Gasteiger charge is 2.28. The van der Waals surface area contributed by atoms with Crippen molar-refractivity contribution < 1.29 is 14.7 Å². The number of piperidine rings is 1. The fourth-order valence-electron chi connectivity index (χ4n) is 1.96. The number of aliphatic carboxylic acids is 1. The summed E-state index contributed by atoms with van der Waals surface area (Å²) < 4.78 is 0. The van der Waals surface area contributed by atoms with Gasteiger partial charge in [-0.05, 0) is 18.9 Å². The van der Waals surface area contributed by atoms with E-state index in [1.807, 2.05) is 0 Å². The lowest BCUT2D eigenvalue weighted by Crippen LogP contribution is -2.42. The fourth-order valence-corrected chi connectivity index (χ4v) is 1.96. The first kappa shape index (κ1) is 11.5. The predicted octanol–water partition coefficient (Wildman–Crippen LogP) is 0.413. The van der Waals surface area contributed by atoms with Gasteiger partial charge in [-0.15, -0.1) is 0 Å². The minimum Gasteiger partial charge on any atom is -0.481 e. The number of carboxylic acid groups (broad SMARTS) is 1. The molecule has 0 unspecified atom stereocenters.